The normalized spacial score (nSPS) is 18.3. The molecule has 1 aliphatic carbocycles. The highest BCUT2D eigenvalue weighted by molar-refractivity contribution is 5.96. The molecular formula is C35H49N3O3. The number of allylic oxidation sites excluding steroid dienone is 2. The molecule has 0 bridgehead atoms. The third-order valence-corrected chi connectivity index (χ3v) is 8.10. The summed E-state index contributed by atoms with van der Waals surface area (Å²) in [5.41, 5.74) is 9.97. The number of amides is 2. The highest BCUT2D eigenvalue weighted by Crippen LogP contribution is 2.44. The molecule has 6 nitrogen and oxygen atoms in total. The largest absolute Gasteiger partial charge is 0.391 e. The zero-order valence-corrected chi connectivity index (χ0v) is 25.4. The zero-order chi connectivity index (χ0) is 29.8. The van der Waals surface area contributed by atoms with Gasteiger partial charge in [0.15, 0.2) is 0 Å². The van der Waals surface area contributed by atoms with Crippen molar-refractivity contribution in [1.29, 1.82) is 0 Å². The maximum absolute atomic E-state index is 13.7. The number of nitrogens with one attached hydrogen (secondary N) is 1. The maximum atomic E-state index is 13.7. The Balaban J connectivity index is 1.82. The topological polar surface area (TPSA) is 95.7 Å². The average molecular weight is 560 g/mol. The van der Waals surface area contributed by atoms with Crippen LogP contribution in [0.2, 0.25) is 0 Å². The van der Waals surface area contributed by atoms with Gasteiger partial charge in [0, 0.05) is 31.1 Å². The van der Waals surface area contributed by atoms with Gasteiger partial charge in [0.1, 0.15) is 0 Å². The van der Waals surface area contributed by atoms with Gasteiger partial charge < -0.3 is 21.1 Å². The van der Waals surface area contributed by atoms with Gasteiger partial charge in [-0.3, -0.25) is 9.59 Å². The summed E-state index contributed by atoms with van der Waals surface area (Å²) in [6, 6.07) is 18.5. The molecule has 222 valence electrons. The Morgan fingerprint density at radius 3 is 2.27 bits per heavy atom. The molecule has 41 heavy (non-hydrogen) atoms. The summed E-state index contributed by atoms with van der Waals surface area (Å²) >= 11 is 0. The Morgan fingerprint density at radius 1 is 1.00 bits per heavy atom. The fourth-order valence-corrected chi connectivity index (χ4v) is 6.01. The quantitative estimate of drug-likeness (QED) is 0.248. The van der Waals surface area contributed by atoms with Crippen LogP contribution in [0.15, 0.2) is 77.9 Å². The van der Waals surface area contributed by atoms with Crippen LogP contribution >= 0.6 is 0 Å². The first-order chi connectivity index (χ1) is 19.7. The number of nitrogens with two attached hydrogens (primary N) is 1. The van der Waals surface area contributed by atoms with Crippen molar-refractivity contribution in [2.45, 2.75) is 72.3 Å². The molecule has 0 saturated carbocycles. The number of aryl methyl sites for hydroxylation is 2. The van der Waals surface area contributed by atoms with Crippen molar-refractivity contribution in [2.24, 2.45) is 17.1 Å². The lowest BCUT2D eigenvalue weighted by atomic mass is 9.63. The number of rotatable bonds is 16. The van der Waals surface area contributed by atoms with Gasteiger partial charge >= 0.3 is 0 Å². The van der Waals surface area contributed by atoms with Crippen LogP contribution in [0, 0.1) is 18.3 Å². The number of benzene rings is 2. The van der Waals surface area contributed by atoms with E-state index >= 15 is 0 Å². The molecule has 2 amide bonds. The summed E-state index contributed by atoms with van der Waals surface area (Å²) in [5.74, 6) is -1.06. The molecule has 3 rings (SSSR count). The summed E-state index contributed by atoms with van der Waals surface area (Å²) in [5, 5.41) is 15.1. The van der Waals surface area contributed by atoms with Gasteiger partial charge in [-0.1, -0.05) is 91.7 Å². The van der Waals surface area contributed by atoms with Gasteiger partial charge in [-0.2, -0.15) is 0 Å². The van der Waals surface area contributed by atoms with Crippen molar-refractivity contribution >= 4 is 11.8 Å². The van der Waals surface area contributed by atoms with E-state index in [4.69, 9.17) is 5.73 Å². The molecule has 0 heterocycles. The first-order valence-electron chi connectivity index (χ1n) is 15.2. The van der Waals surface area contributed by atoms with E-state index in [2.05, 4.69) is 50.4 Å². The molecule has 0 fully saturated rings. The Kier molecular flexibility index (Phi) is 12.4. The van der Waals surface area contributed by atoms with Crippen LogP contribution in [-0.4, -0.2) is 54.1 Å². The maximum Gasteiger partial charge on any atom is 0.249 e. The predicted molar refractivity (Wildman–Crippen MR) is 167 cm³/mol. The summed E-state index contributed by atoms with van der Waals surface area (Å²) in [7, 11) is 0. The van der Waals surface area contributed by atoms with Gasteiger partial charge in [-0.15, -0.1) is 0 Å². The van der Waals surface area contributed by atoms with Crippen molar-refractivity contribution in [3.05, 3.63) is 94.6 Å². The van der Waals surface area contributed by atoms with Crippen LogP contribution in [0.1, 0.15) is 63.1 Å². The summed E-state index contributed by atoms with van der Waals surface area (Å²) in [4.78, 5) is 28.9. The van der Waals surface area contributed by atoms with Gasteiger partial charge in [0.2, 0.25) is 11.8 Å². The first-order valence-corrected chi connectivity index (χ1v) is 15.2. The fourth-order valence-electron chi connectivity index (χ4n) is 6.01. The fraction of sp³-hybridized carbons (Fsp3) is 0.486. The second-order valence-corrected chi connectivity index (χ2v) is 11.6. The van der Waals surface area contributed by atoms with Crippen molar-refractivity contribution < 1.29 is 14.7 Å². The van der Waals surface area contributed by atoms with E-state index in [-0.39, 0.29) is 12.3 Å². The number of aliphatic hydroxyl groups excluding tert-OH is 1. The lowest BCUT2D eigenvalue weighted by molar-refractivity contribution is -0.132. The van der Waals surface area contributed by atoms with Crippen molar-refractivity contribution in [3.8, 4) is 0 Å². The van der Waals surface area contributed by atoms with E-state index in [0.29, 0.717) is 31.6 Å². The average Bonchev–Trinajstić information content (AvgIpc) is 2.96. The van der Waals surface area contributed by atoms with Crippen molar-refractivity contribution in [1.82, 2.24) is 10.2 Å². The summed E-state index contributed by atoms with van der Waals surface area (Å²) < 4.78 is 0. The van der Waals surface area contributed by atoms with Crippen LogP contribution in [0.3, 0.4) is 0 Å². The van der Waals surface area contributed by atoms with Crippen LogP contribution in [0.25, 0.3) is 0 Å². The molecule has 1 unspecified atom stereocenters. The molecule has 0 aliphatic heterocycles. The predicted octanol–water partition coefficient (Wildman–Crippen LogP) is 5.13. The number of nitrogens with zero attached hydrogens (tertiary/aromatic N) is 1. The Bertz CT molecular complexity index is 1180. The molecule has 2 aromatic rings. The number of hydrogen-bond acceptors (Lipinski definition) is 4. The molecular weight excluding hydrogens is 510 g/mol. The van der Waals surface area contributed by atoms with Crippen LogP contribution in [0.5, 0.6) is 0 Å². The number of aliphatic hydroxyl groups is 1. The first kappa shape index (κ1) is 32.3. The molecule has 1 aliphatic rings. The Labute approximate surface area is 246 Å². The van der Waals surface area contributed by atoms with Gasteiger partial charge in [-0.05, 0) is 70.0 Å². The van der Waals surface area contributed by atoms with E-state index in [0.717, 1.165) is 43.4 Å². The third kappa shape index (κ3) is 8.88. The minimum atomic E-state index is -1.19. The highest BCUT2D eigenvalue weighted by Gasteiger charge is 2.48. The summed E-state index contributed by atoms with van der Waals surface area (Å²) in [6.45, 7) is 10.5. The minimum absolute atomic E-state index is 0.0473. The van der Waals surface area contributed by atoms with Crippen molar-refractivity contribution in [2.75, 3.05) is 26.2 Å². The number of carbonyl (C=O) groups is 2. The van der Waals surface area contributed by atoms with Crippen LogP contribution in [0.4, 0.5) is 0 Å². The zero-order valence-electron chi connectivity index (χ0n) is 25.4. The monoisotopic (exact) mass is 559 g/mol. The Hall–Kier alpha value is -3.22. The second kappa shape index (κ2) is 15.7. The van der Waals surface area contributed by atoms with E-state index in [1.807, 2.05) is 54.3 Å². The lowest BCUT2D eigenvalue weighted by Gasteiger charge is -2.42. The number of hydrogen-bond donors (Lipinski definition) is 3. The molecule has 0 aromatic heterocycles. The van der Waals surface area contributed by atoms with E-state index < -0.39 is 23.3 Å². The molecule has 4 N–H and O–H groups in total. The molecule has 2 aromatic carbocycles. The van der Waals surface area contributed by atoms with Gasteiger partial charge in [-0.25, -0.2) is 0 Å². The van der Waals surface area contributed by atoms with Gasteiger partial charge in [0.25, 0.3) is 0 Å². The highest BCUT2D eigenvalue weighted by atomic mass is 16.3. The molecule has 0 radical (unpaired) electrons. The van der Waals surface area contributed by atoms with Crippen molar-refractivity contribution in [3.63, 3.8) is 0 Å². The van der Waals surface area contributed by atoms with Gasteiger partial charge in [0.05, 0.1) is 11.5 Å². The molecule has 3 atom stereocenters. The number of primary amides is 1. The molecule has 0 saturated heterocycles. The van der Waals surface area contributed by atoms with E-state index in [1.54, 1.807) is 0 Å². The Morgan fingerprint density at radius 2 is 1.66 bits per heavy atom. The van der Waals surface area contributed by atoms with E-state index in [1.165, 1.54) is 11.1 Å². The van der Waals surface area contributed by atoms with E-state index in [9.17, 15) is 14.7 Å². The molecule has 6 heteroatoms. The minimum Gasteiger partial charge on any atom is -0.391 e. The standard InChI is InChI=1S/C35H49N3O3/c1-5-19-38(20-6-2)33(40)30-21-27(4)23-35(24-30,34(36)41)31(22-29-11-8-7-9-12-29)32(39)25-37-18-10-13-28-16-14-26(3)15-17-28/h7-9,11-12,14-17,21,23,31-32,37,39H,5-6,10,13,18-20,22,24-25H2,1-4H3,(H2,36,41)/t31-,32+,35?/m1/s1. The SMILES string of the molecule is CCCN(CCC)C(=O)C1=CC(C)=CC(C(N)=O)([C@H](Cc2ccccc2)[C@@H](O)CNCCCc2ccc(C)cc2)C1. The smallest absolute Gasteiger partial charge is 0.249 e. The lowest BCUT2D eigenvalue weighted by Crippen LogP contribution is -2.52. The third-order valence-electron chi connectivity index (χ3n) is 8.10. The van der Waals surface area contributed by atoms with Crippen LogP contribution in [-0.2, 0) is 22.4 Å². The number of carbonyl (C=O) groups excluding carboxylic acids is 2. The molecule has 0 spiro atoms. The second-order valence-electron chi connectivity index (χ2n) is 11.6. The summed E-state index contributed by atoms with van der Waals surface area (Å²) in [6.07, 6.45) is 7.19. The van der Waals surface area contributed by atoms with Crippen LogP contribution < -0.4 is 11.1 Å².